The van der Waals surface area contributed by atoms with Crippen LogP contribution < -0.4 is 10.4 Å². The van der Waals surface area contributed by atoms with Crippen molar-refractivity contribution in [3.63, 3.8) is 0 Å². The summed E-state index contributed by atoms with van der Waals surface area (Å²) in [6.45, 7) is 9.89. The van der Waals surface area contributed by atoms with Crippen LogP contribution in [0.5, 0.6) is 0 Å². The molecule has 0 saturated heterocycles. The van der Waals surface area contributed by atoms with Crippen LogP contribution in [0, 0.1) is 25.8 Å². The van der Waals surface area contributed by atoms with E-state index in [1.54, 1.807) is 12.1 Å². The molecular formula is C58H53IrN3OSi-2. The molecule has 4 nitrogen and oxygen atoms in total. The Kier molecular flexibility index (Phi) is 10.8. The third-order valence-corrected chi connectivity index (χ3v) is 15.5. The fourth-order valence-corrected chi connectivity index (χ4v) is 10.9. The fourth-order valence-electron chi connectivity index (χ4n) is 8.48. The Balaban J connectivity index is 0.000000264. The number of rotatable bonds is 8. The van der Waals surface area contributed by atoms with Crippen molar-refractivity contribution in [2.75, 3.05) is 0 Å². The number of nitrogens with zero attached hydrogens (tertiary/aromatic N) is 3. The molecule has 6 heteroatoms. The molecule has 0 amide bonds. The van der Waals surface area contributed by atoms with E-state index in [1.807, 2.05) is 12.1 Å². The maximum Gasteiger partial charge on any atom is 0.121 e. The van der Waals surface area contributed by atoms with Gasteiger partial charge in [-0.1, -0.05) is 178 Å². The molecule has 0 aliphatic heterocycles. The number of furan rings is 1. The van der Waals surface area contributed by atoms with Gasteiger partial charge in [0, 0.05) is 45.6 Å². The van der Waals surface area contributed by atoms with Crippen LogP contribution in [-0.2, 0) is 20.1 Å². The number of hydrogen-bond acceptors (Lipinski definition) is 3. The number of hydrogen-bond donors (Lipinski definition) is 0. The van der Waals surface area contributed by atoms with Crippen LogP contribution in [0.1, 0.15) is 70.0 Å². The van der Waals surface area contributed by atoms with Crippen molar-refractivity contribution in [1.82, 2.24) is 14.5 Å². The first kappa shape index (κ1) is 37.2. The zero-order valence-corrected chi connectivity index (χ0v) is 40.2. The molecule has 0 spiro atoms. The van der Waals surface area contributed by atoms with Crippen LogP contribution in [0.15, 0.2) is 168 Å². The molecule has 3 heterocycles. The molecular weight excluding hydrogens is 975 g/mol. The second kappa shape index (κ2) is 18.5. The van der Waals surface area contributed by atoms with E-state index in [0.29, 0.717) is 23.1 Å². The molecule has 0 unspecified atom stereocenters. The minimum absolute atomic E-state index is 0. The molecule has 0 N–H and O–H groups in total. The first-order valence-electron chi connectivity index (χ1n) is 24.5. The van der Waals surface area contributed by atoms with Crippen molar-refractivity contribution in [3.05, 3.63) is 198 Å². The molecule has 0 aliphatic rings. The number of benzene rings is 7. The van der Waals surface area contributed by atoms with Gasteiger partial charge in [0.05, 0.1) is 22.4 Å². The van der Waals surface area contributed by atoms with E-state index in [1.165, 1.54) is 57.1 Å². The number of aromatic nitrogens is 3. The van der Waals surface area contributed by atoms with Gasteiger partial charge in [-0.2, -0.15) is 0 Å². The third kappa shape index (κ3) is 8.58. The summed E-state index contributed by atoms with van der Waals surface area (Å²) in [4.78, 5) is 9.42. The van der Waals surface area contributed by atoms with E-state index in [9.17, 15) is 0 Å². The molecule has 64 heavy (non-hydrogen) atoms. The van der Waals surface area contributed by atoms with Gasteiger partial charge in [-0.3, -0.25) is 4.98 Å². The van der Waals surface area contributed by atoms with E-state index in [-0.39, 0.29) is 31.2 Å². The van der Waals surface area contributed by atoms with Crippen molar-refractivity contribution in [3.8, 4) is 39.5 Å². The smallest absolute Gasteiger partial charge is 0.121 e. The van der Waals surface area contributed by atoms with Gasteiger partial charge in [-0.05, 0) is 70.4 Å². The van der Waals surface area contributed by atoms with Crippen molar-refractivity contribution in [2.45, 2.75) is 66.3 Å². The van der Waals surface area contributed by atoms with Crippen molar-refractivity contribution < 1.29 is 32.7 Å². The Morgan fingerprint density at radius 1 is 0.656 bits per heavy atom. The normalized spacial score (nSPS) is 13.4. The summed E-state index contributed by atoms with van der Waals surface area (Å²) < 4.78 is 52.8. The van der Waals surface area contributed by atoms with Gasteiger partial charge in [-0.25, -0.2) is 0 Å². The standard InChI is InChI=1S/C45H41N2OSi.C13H12N.Ir/c1-29(2)38-27-34(49(5,6)33-18-11-8-12-19-33)28-39(30(3)4)43(38)47-41-23-14-13-22-40(41)46-45(47)37-21-15-20-36-35-25-24-32(26-42(35)48-44(36)37)31-16-9-7-10-17-31;1-10-3-6-12(7-4-10)13-8-5-11(2)9-14-13;/h7-20,22-30H,1-6H3;3-6,8-9H,1-2H3;/q2*-1;/i;1D3,2D3;. The molecule has 10 rings (SSSR count). The zero-order chi connectivity index (χ0) is 48.8. The molecule has 7 aromatic carbocycles. The second-order valence-corrected chi connectivity index (χ2v) is 21.7. The summed E-state index contributed by atoms with van der Waals surface area (Å²) in [7, 11) is -1.98. The first-order chi connectivity index (χ1) is 32.9. The van der Waals surface area contributed by atoms with Crippen LogP contribution in [-0.4, -0.2) is 22.6 Å². The third-order valence-electron chi connectivity index (χ3n) is 12.0. The topological polar surface area (TPSA) is 43.9 Å². The minimum atomic E-state index is -2.18. The largest absolute Gasteiger partial charge is 0.501 e. The van der Waals surface area contributed by atoms with Crippen LogP contribution in [0.2, 0.25) is 13.1 Å². The van der Waals surface area contributed by atoms with Crippen LogP contribution >= 0.6 is 0 Å². The van der Waals surface area contributed by atoms with Gasteiger partial charge in [0.1, 0.15) is 13.7 Å². The van der Waals surface area contributed by atoms with Crippen LogP contribution in [0.25, 0.3) is 72.4 Å². The minimum Gasteiger partial charge on any atom is -0.501 e. The summed E-state index contributed by atoms with van der Waals surface area (Å²) in [5.41, 5.74) is 12.3. The maximum atomic E-state index is 7.28. The van der Waals surface area contributed by atoms with E-state index in [4.69, 9.17) is 17.6 Å². The molecule has 0 aliphatic carbocycles. The van der Waals surface area contributed by atoms with Crippen LogP contribution in [0.3, 0.4) is 0 Å². The van der Waals surface area contributed by atoms with Crippen molar-refractivity contribution in [2.24, 2.45) is 0 Å². The predicted molar refractivity (Wildman–Crippen MR) is 267 cm³/mol. The quantitative estimate of drug-likeness (QED) is 0.113. The molecule has 321 valence electrons. The maximum absolute atomic E-state index is 7.28. The van der Waals surface area contributed by atoms with Gasteiger partial charge in [-0.15, -0.1) is 53.6 Å². The Hall–Kier alpha value is -6.17. The number of imidazole rings is 1. The van der Waals surface area contributed by atoms with Crippen molar-refractivity contribution in [1.29, 1.82) is 0 Å². The van der Waals surface area contributed by atoms with Gasteiger partial charge >= 0.3 is 0 Å². The van der Waals surface area contributed by atoms with Gasteiger partial charge in [0.25, 0.3) is 0 Å². The number of aryl methyl sites for hydroxylation is 2. The van der Waals surface area contributed by atoms with Gasteiger partial charge in [0.15, 0.2) is 0 Å². The van der Waals surface area contributed by atoms with Crippen LogP contribution in [0.4, 0.5) is 0 Å². The summed E-state index contributed by atoms with van der Waals surface area (Å²) in [5.74, 6) is 1.44. The SMILES string of the molecule is CC(C)c1cc([Si](C)(C)c2ccccc2)cc(C(C)C)c1-n1c(-c2[c-]ccc3c2oc2cc(-c4ccccc4)ccc23)nc2ccccc21.[2H]C([2H])([2H])c1c[c-]c(-c2ccc(C([2H])([2H])[2H])cn2)cc1.[Ir]. The number of pyridine rings is 1. The Morgan fingerprint density at radius 3 is 2.00 bits per heavy atom. The summed E-state index contributed by atoms with van der Waals surface area (Å²) in [6, 6.07) is 59.7. The Morgan fingerprint density at radius 2 is 1.34 bits per heavy atom. The number of fused-ring (bicyclic) bond motifs is 4. The van der Waals surface area contributed by atoms with Gasteiger partial charge < -0.3 is 14.0 Å². The average molecular weight is 1030 g/mol. The predicted octanol–water partition coefficient (Wildman–Crippen LogP) is 14.3. The number of para-hydroxylation sites is 2. The molecule has 0 bridgehead atoms. The van der Waals surface area contributed by atoms with Gasteiger partial charge in [0.2, 0.25) is 0 Å². The summed E-state index contributed by atoms with van der Waals surface area (Å²) in [5, 5.41) is 5.07. The van der Waals surface area contributed by atoms with E-state index in [2.05, 4.69) is 178 Å². The van der Waals surface area contributed by atoms with E-state index in [0.717, 1.165) is 49.9 Å². The van der Waals surface area contributed by atoms with E-state index < -0.39 is 21.8 Å². The molecule has 3 aromatic heterocycles. The summed E-state index contributed by atoms with van der Waals surface area (Å²) in [6.07, 6.45) is 1.30. The molecule has 0 atom stereocenters. The molecule has 0 fully saturated rings. The zero-order valence-electron chi connectivity index (χ0n) is 42.8. The molecule has 0 saturated carbocycles. The summed E-state index contributed by atoms with van der Waals surface area (Å²) >= 11 is 0. The van der Waals surface area contributed by atoms with E-state index >= 15 is 0 Å². The molecule has 1 radical (unpaired) electrons. The second-order valence-electron chi connectivity index (χ2n) is 17.3. The average Bonchev–Trinajstić information content (AvgIpc) is 3.92. The fraction of sp³-hybridized carbons (Fsp3) is 0.172. The molecule has 10 aromatic rings. The Labute approximate surface area is 400 Å². The van der Waals surface area contributed by atoms with Crippen molar-refractivity contribution >= 4 is 51.4 Å². The monoisotopic (exact) mass is 1030 g/mol. The first-order valence-corrected chi connectivity index (χ1v) is 24.5. The Bertz CT molecular complexity index is 3350.